The van der Waals surface area contributed by atoms with Crippen LogP contribution in [0.1, 0.15) is 5.56 Å². The van der Waals surface area contributed by atoms with E-state index < -0.39 is 0 Å². The van der Waals surface area contributed by atoms with Crippen LogP contribution < -0.4 is 5.73 Å². The first-order valence-corrected chi connectivity index (χ1v) is 5.99. The van der Waals surface area contributed by atoms with Gasteiger partial charge < -0.3 is 10.3 Å². The van der Waals surface area contributed by atoms with Gasteiger partial charge in [-0.05, 0) is 31.2 Å². The summed E-state index contributed by atoms with van der Waals surface area (Å²) in [6.07, 6.45) is 0. The van der Waals surface area contributed by atoms with Gasteiger partial charge in [0, 0.05) is 16.8 Å². The fourth-order valence-electron chi connectivity index (χ4n) is 1.85. The summed E-state index contributed by atoms with van der Waals surface area (Å²) in [7, 11) is 0. The van der Waals surface area contributed by atoms with E-state index in [0.717, 1.165) is 11.1 Å². The number of nitrogens with zero attached hydrogens (tertiary/aromatic N) is 2. The second-order valence-electron chi connectivity index (χ2n) is 4.38. The number of aryl methyl sites for hydroxylation is 1. The molecule has 0 atom stereocenters. The van der Waals surface area contributed by atoms with Gasteiger partial charge in [-0.2, -0.15) is 4.98 Å². The SMILES string of the molecule is Cc1ccc(-c2nc(-c3ccccc3N)no2)cc1. The molecule has 2 aromatic carbocycles. The first kappa shape index (κ1) is 11.5. The number of anilines is 1. The van der Waals surface area contributed by atoms with E-state index in [1.165, 1.54) is 5.56 Å². The zero-order valence-electron chi connectivity index (χ0n) is 10.5. The number of rotatable bonds is 2. The smallest absolute Gasteiger partial charge is 0.258 e. The molecule has 1 heterocycles. The van der Waals surface area contributed by atoms with Crippen molar-refractivity contribution in [2.75, 3.05) is 5.73 Å². The molecule has 0 saturated carbocycles. The van der Waals surface area contributed by atoms with Crippen LogP contribution in [0.2, 0.25) is 0 Å². The van der Waals surface area contributed by atoms with E-state index >= 15 is 0 Å². The Labute approximate surface area is 110 Å². The summed E-state index contributed by atoms with van der Waals surface area (Å²) in [6, 6.07) is 15.4. The summed E-state index contributed by atoms with van der Waals surface area (Å²) in [5.74, 6) is 1.01. The third-order valence-corrected chi connectivity index (χ3v) is 2.93. The largest absolute Gasteiger partial charge is 0.398 e. The quantitative estimate of drug-likeness (QED) is 0.710. The van der Waals surface area contributed by atoms with Gasteiger partial charge in [-0.3, -0.25) is 0 Å². The molecule has 4 heteroatoms. The van der Waals surface area contributed by atoms with Gasteiger partial charge in [0.15, 0.2) is 0 Å². The predicted molar refractivity (Wildman–Crippen MR) is 74.3 cm³/mol. The van der Waals surface area contributed by atoms with Crippen molar-refractivity contribution in [1.82, 2.24) is 10.1 Å². The highest BCUT2D eigenvalue weighted by atomic mass is 16.5. The molecule has 2 N–H and O–H groups in total. The average Bonchev–Trinajstić information content (AvgIpc) is 2.89. The van der Waals surface area contributed by atoms with E-state index in [2.05, 4.69) is 10.1 Å². The van der Waals surface area contributed by atoms with Gasteiger partial charge in [0.1, 0.15) is 0 Å². The van der Waals surface area contributed by atoms with Gasteiger partial charge in [-0.15, -0.1) is 0 Å². The molecule has 94 valence electrons. The Morgan fingerprint density at radius 3 is 2.47 bits per heavy atom. The molecule has 3 aromatic rings. The third-order valence-electron chi connectivity index (χ3n) is 2.93. The average molecular weight is 251 g/mol. The number of hydrogen-bond donors (Lipinski definition) is 1. The van der Waals surface area contributed by atoms with Crippen LogP contribution >= 0.6 is 0 Å². The molecule has 1 aromatic heterocycles. The van der Waals surface area contributed by atoms with Crippen LogP contribution in [0.4, 0.5) is 5.69 Å². The lowest BCUT2D eigenvalue weighted by Gasteiger charge is -1.98. The van der Waals surface area contributed by atoms with Gasteiger partial charge in [0.25, 0.3) is 5.89 Å². The van der Waals surface area contributed by atoms with Crippen molar-refractivity contribution in [3.8, 4) is 22.8 Å². The Hall–Kier alpha value is -2.62. The molecule has 0 amide bonds. The van der Waals surface area contributed by atoms with Crippen molar-refractivity contribution < 1.29 is 4.52 Å². The maximum absolute atomic E-state index is 5.90. The standard InChI is InChI=1S/C15H13N3O/c1-10-6-8-11(9-7-10)15-17-14(18-19-15)12-4-2-3-5-13(12)16/h2-9H,16H2,1H3. The number of nitrogens with two attached hydrogens (primary N) is 1. The van der Waals surface area contributed by atoms with Crippen molar-refractivity contribution in [1.29, 1.82) is 0 Å². The first-order chi connectivity index (χ1) is 9.24. The van der Waals surface area contributed by atoms with E-state index in [-0.39, 0.29) is 0 Å². The van der Waals surface area contributed by atoms with Crippen molar-refractivity contribution in [3.63, 3.8) is 0 Å². The maximum Gasteiger partial charge on any atom is 0.258 e. The molecule has 0 saturated heterocycles. The van der Waals surface area contributed by atoms with E-state index in [0.29, 0.717) is 17.4 Å². The first-order valence-electron chi connectivity index (χ1n) is 5.99. The summed E-state index contributed by atoms with van der Waals surface area (Å²) in [6.45, 7) is 2.04. The van der Waals surface area contributed by atoms with E-state index in [1.807, 2.05) is 55.5 Å². The number of para-hydroxylation sites is 1. The van der Waals surface area contributed by atoms with Gasteiger partial charge >= 0.3 is 0 Å². The monoisotopic (exact) mass is 251 g/mol. The van der Waals surface area contributed by atoms with E-state index in [4.69, 9.17) is 10.3 Å². The molecule has 4 nitrogen and oxygen atoms in total. The van der Waals surface area contributed by atoms with Crippen LogP contribution in [0, 0.1) is 6.92 Å². The lowest BCUT2D eigenvalue weighted by molar-refractivity contribution is 0.432. The molecular formula is C15H13N3O. The minimum absolute atomic E-state index is 0.498. The predicted octanol–water partition coefficient (Wildman–Crippen LogP) is 3.29. The lowest BCUT2D eigenvalue weighted by Crippen LogP contribution is -1.90. The van der Waals surface area contributed by atoms with Crippen LogP contribution in [0.15, 0.2) is 53.1 Å². The molecule has 0 radical (unpaired) electrons. The fraction of sp³-hybridized carbons (Fsp3) is 0.0667. The maximum atomic E-state index is 5.90. The Morgan fingerprint density at radius 1 is 1.00 bits per heavy atom. The van der Waals surface area contributed by atoms with E-state index in [9.17, 15) is 0 Å². The molecule has 19 heavy (non-hydrogen) atoms. The fourth-order valence-corrected chi connectivity index (χ4v) is 1.85. The molecule has 0 aliphatic heterocycles. The second-order valence-corrected chi connectivity index (χ2v) is 4.38. The van der Waals surface area contributed by atoms with Crippen LogP contribution in [-0.4, -0.2) is 10.1 Å². The summed E-state index contributed by atoms with van der Waals surface area (Å²) < 4.78 is 5.28. The Balaban J connectivity index is 2.00. The Morgan fingerprint density at radius 2 is 1.74 bits per heavy atom. The molecule has 0 aliphatic carbocycles. The molecule has 3 rings (SSSR count). The van der Waals surface area contributed by atoms with Crippen molar-refractivity contribution in [3.05, 3.63) is 54.1 Å². The summed E-state index contributed by atoms with van der Waals surface area (Å²) in [5, 5.41) is 3.98. The molecule has 0 fully saturated rings. The zero-order chi connectivity index (χ0) is 13.2. The Kier molecular flexibility index (Phi) is 2.76. The highest BCUT2D eigenvalue weighted by molar-refractivity contribution is 5.71. The van der Waals surface area contributed by atoms with Gasteiger partial charge in [-0.25, -0.2) is 0 Å². The highest BCUT2D eigenvalue weighted by Gasteiger charge is 2.12. The molecule has 0 unspecified atom stereocenters. The van der Waals surface area contributed by atoms with Crippen LogP contribution in [0.3, 0.4) is 0 Å². The van der Waals surface area contributed by atoms with Crippen LogP contribution in [-0.2, 0) is 0 Å². The number of hydrogen-bond acceptors (Lipinski definition) is 4. The van der Waals surface area contributed by atoms with Gasteiger partial charge in [-0.1, -0.05) is 35.0 Å². The van der Waals surface area contributed by atoms with Crippen LogP contribution in [0.25, 0.3) is 22.8 Å². The molecule has 0 bridgehead atoms. The summed E-state index contributed by atoms with van der Waals surface area (Å²) >= 11 is 0. The Bertz CT molecular complexity index is 701. The van der Waals surface area contributed by atoms with Crippen molar-refractivity contribution in [2.45, 2.75) is 6.92 Å². The highest BCUT2D eigenvalue weighted by Crippen LogP contribution is 2.25. The molecule has 0 spiro atoms. The third kappa shape index (κ3) is 2.20. The number of benzene rings is 2. The van der Waals surface area contributed by atoms with Crippen molar-refractivity contribution in [2.24, 2.45) is 0 Å². The van der Waals surface area contributed by atoms with Gasteiger partial charge in [0.2, 0.25) is 5.82 Å². The minimum Gasteiger partial charge on any atom is -0.398 e. The molecular weight excluding hydrogens is 238 g/mol. The summed E-state index contributed by atoms with van der Waals surface area (Å²) in [4.78, 5) is 4.38. The van der Waals surface area contributed by atoms with E-state index in [1.54, 1.807) is 0 Å². The molecule has 0 aliphatic rings. The van der Waals surface area contributed by atoms with Gasteiger partial charge in [0.05, 0.1) is 0 Å². The lowest BCUT2D eigenvalue weighted by atomic mass is 10.1. The number of nitrogen functional groups attached to an aromatic ring is 1. The minimum atomic E-state index is 0.498. The van der Waals surface area contributed by atoms with Crippen LogP contribution in [0.5, 0.6) is 0 Å². The zero-order valence-corrected chi connectivity index (χ0v) is 10.5. The second kappa shape index (κ2) is 4.57. The summed E-state index contributed by atoms with van der Waals surface area (Å²) in [5.41, 5.74) is 9.41. The van der Waals surface area contributed by atoms with Crippen molar-refractivity contribution >= 4 is 5.69 Å². The topological polar surface area (TPSA) is 64.9 Å². The number of aromatic nitrogens is 2. The normalized spacial score (nSPS) is 10.6.